The Morgan fingerprint density at radius 1 is 0.329 bits per heavy atom. The average Bonchev–Trinajstić information content (AvgIpc) is 4.11. The van der Waals surface area contributed by atoms with Crippen LogP contribution < -0.4 is 0 Å². The predicted molar refractivity (Wildman–Crippen MR) is 290 cm³/mol. The van der Waals surface area contributed by atoms with Crippen molar-refractivity contribution in [3.05, 3.63) is 230 Å². The van der Waals surface area contributed by atoms with E-state index >= 15 is 0 Å². The summed E-state index contributed by atoms with van der Waals surface area (Å²) in [5, 5.41) is 29.0. The summed E-state index contributed by atoms with van der Waals surface area (Å²) in [4.78, 5) is 24.3. The predicted octanol–water partition coefficient (Wildman–Crippen LogP) is 14.4. The molecule has 0 unspecified atom stereocenters. The number of fused-ring (bicyclic) bond motifs is 9. The van der Waals surface area contributed by atoms with Gasteiger partial charge in [-0.2, -0.15) is 10.5 Å². The highest BCUT2D eigenvalue weighted by molar-refractivity contribution is 6.13. The fourth-order valence-corrected chi connectivity index (χ4v) is 10.8. The van der Waals surface area contributed by atoms with Gasteiger partial charge in [-0.15, -0.1) is 0 Å². The summed E-state index contributed by atoms with van der Waals surface area (Å²) in [5.74, 6) is 1.09. The van der Waals surface area contributed by atoms with Crippen LogP contribution in [0.2, 0.25) is 0 Å². The molecule has 0 saturated heterocycles. The van der Waals surface area contributed by atoms with Gasteiger partial charge >= 0.3 is 0 Å². The van der Waals surface area contributed by atoms with Crippen molar-refractivity contribution in [1.29, 1.82) is 10.5 Å². The maximum absolute atomic E-state index is 11.2. The van der Waals surface area contributed by atoms with E-state index in [0.29, 0.717) is 22.8 Å². The lowest BCUT2D eigenvalue weighted by Gasteiger charge is -2.24. The number of pyridine rings is 2. The van der Waals surface area contributed by atoms with E-state index in [9.17, 15) is 10.5 Å². The Morgan fingerprint density at radius 2 is 0.685 bits per heavy atom. The standard InChI is InChI=1S/C63H36N10/c64-35-43-31-41(32-44(36-65)59(43)63-69-61(39-15-3-1-4-16-39)68-62(70-63)40-17-5-2-6-18-40)42-33-55(71-51-23-11-7-19-45(51)46-20-8-12-24-52(46)71)60(73-54-26-14-10-22-48(54)50-28-30-67-38-58(50)73)56(34-42)72-53-25-13-9-21-47(53)49-27-29-66-37-57(49)72/h1-34,37-38H. The maximum Gasteiger partial charge on any atom is 0.166 e. The minimum Gasteiger partial charge on any atom is -0.307 e. The lowest BCUT2D eigenvalue weighted by atomic mass is 9.93. The van der Waals surface area contributed by atoms with Crippen molar-refractivity contribution in [3.8, 4) is 74.5 Å². The highest BCUT2D eigenvalue weighted by Gasteiger charge is 2.27. The van der Waals surface area contributed by atoms with Crippen LogP contribution in [0.15, 0.2) is 219 Å². The van der Waals surface area contributed by atoms with Crippen LogP contribution in [-0.4, -0.2) is 38.6 Å². The van der Waals surface area contributed by atoms with Crippen LogP contribution in [0.4, 0.5) is 0 Å². The Hall–Kier alpha value is -10.6. The lowest BCUT2D eigenvalue weighted by molar-refractivity contribution is 1.05. The molecule has 338 valence electrons. The van der Waals surface area contributed by atoms with E-state index < -0.39 is 0 Å². The van der Waals surface area contributed by atoms with Crippen molar-refractivity contribution in [1.82, 2.24) is 38.6 Å². The van der Waals surface area contributed by atoms with Crippen molar-refractivity contribution in [2.45, 2.75) is 0 Å². The zero-order valence-corrected chi connectivity index (χ0v) is 38.8. The molecule has 0 aliphatic carbocycles. The van der Waals surface area contributed by atoms with E-state index in [4.69, 9.17) is 24.9 Å². The van der Waals surface area contributed by atoms with Crippen molar-refractivity contribution in [2.75, 3.05) is 0 Å². The summed E-state index contributed by atoms with van der Waals surface area (Å²) in [6.45, 7) is 0. The van der Waals surface area contributed by atoms with Crippen molar-refractivity contribution >= 4 is 65.4 Å². The number of nitrogens with zero attached hydrogens (tertiary/aromatic N) is 10. The van der Waals surface area contributed by atoms with E-state index in [1.54, 1.807) is 0 Å². The topological polar surface area (TPSA) is 127 Å². The Kier molecular flexibility index (Phi) is 9.40. The van der Waals surface area contributed by atoms with Gasteiger partial charge in [0.1, 0.15) is 0 Å². The number of rotatable bonds is 7. The van der Waals surface area contributed by atoms with Gasteiger partial charge < -0.3 is 13.7 Å². The lowest BCUT2D eigenvalue weighted by Crippen LogP contribution is -2.10. The van der Waals surface area contributed by atoms with Gasteiger partial charge in [-0.1, -0.05) is 133 Å². The van der Waals surface area contributed by atoms with Gasteiger partial charge in [-0.05, 0) is 71.8 Å². The molecule has 10 heteroatoms. The Bertz CT molecular complexity index is 4260. The SMILES string of the molecule is N#Cc1cc(-c2cc(-n3c4ccccc4c4ccccc43)c(-n3c4ccccc4c4ccncc43)c(-n3c4ccccc4c4ccncc43)c2)cc(C#N)c1-c1nc(-c2ccccc2)nc(-c2ccccc2)n1. The van der Waals surface area contributed by atoms with Gasteiger partial charge in [0.15, 0.2) is 17.5 Å². The number of hydrogen-bond donors (Lipinski definition) is 0. The highest BCUT2D eigenvalue weighted by Crippen LogP contribution is 2.45. The van der Waals surface area contributed by atoms with E-state index in [-0.39, 0.29) is 17.0 Å². The Balaban J connectivity index is 1.13. The molecule has 0 atom stereocenters. The molecular weight excluding hydrogens is 897 g/mol. The van der Waals surface area contributed by atoms with Crippen LogP contribution in [0.5, 0.6) is 0 Å². The van der Waals surface area contributed by atoms with Gasteiger partial charge in [0.2, 0.25) is 0 Å². The van der Waals surface area contributed by atoms with Crippen molar-refractivity contribution < 1.29 is 0 Å². The van der Waals surface area contributed by atoms with Gasteiger partial charge in [0, 0.05) is 55.8 Å². The first kappa shape index (κ1) is 41.4. The molecule has 6 heterocycles. The van der Waals surface area contributed by atoms with Crippen LogP contribution in [0.1, 0.15) is 11.1 Å². The van der Waals surface area contributed by atoms with E-state index in [1.165, 1.54) is 0 Å². The Morgan fingerprint density at radius 3 is 1.14 bits per heavy atom. The Labute approximate surface area is 417 Å². The first-order valence-electron chi connectivity index (χ1n) is 23.8. The molecule has 0 fully saturated rings. The third-order valence-electron chi connectivity index (χ3n) is 13.9. The number of para-hydroxylation sites is 4. The molecule has 0 radical (unpaired) electrons. The van der Waals surface area contributed by atoms with Gasteiger partial charge in [0.25, 0.3) is 0 Å². The minimum atomic E-state index is 0.229. The molecule has 6 aromatic heterocycles. The summed E-state index contributed by atoms with van der Waals surface area (Å²) in [6.07, 6.45) is 7.56. The van der Waals surface area contributed by atoms with Crippen LogP contribution in [0.3, 0.4) is 0 Å². The van der Waals surface area contributed by atoms with Crippen LogP contribution in [0.25, 0.3) is 128 Å². The normalized spacial score (nSPS) is 11.5. The molecule has 14 rings (SSSR count). The summed E-state index contributed by atoms with van der Waals surface area (Å²) in [5.41, 5.74) is 12.3. The monoisotopic (exact) mass is 932 g/mol. The summed E-state index contributed by atoms with van der Waals surface area (Å²) in [7, 11) is 0. The molecule has 8 aromatic carbocycles. The molecule has 73 heavy (non-hydrogen) atoms. The van der Waals surface area contributed by atoms with Crippen LogP contribution in [-0.2, 0) is 0 Å². The first-order chi connectivity index (χ1) is 36.1. The minimum absolute atomic E-state index is 0.229. The maximum atomic E-state index is 11.2. The third-order valence-corrected chi connectivity index (χ3v) is 13.9. The number of nitriles is 2. The fraction of sp³-hybridized carbons (Fsp3) is 0. The number of aromatic nitrogens is 8. The molecule has 14 aromatic rings. The second-order valence-corrected chi connectivity index (χ2v) is 17.9. The van der Waals surface area contributed by atoms with Gasteiger partial charge in [-0.3, -0.25) is 9.97 Å². The zero-order chi connectivity index (χ0) is 48.6. The molecule has 0 bridgehead atoms. The number of benzene rings is 8. The van der Waals surface area contributed by atoms with E-state index in [0.717, 1.165) is 99.2 Å². The summed E-state index contributed by atoms with van der Waals surface area (Å²) < 4.78 is 6.99. The summed E-state index contributed by atoms with van der Waals surface area (Å²) in [6, 6.07) is 70.5. The molecular formula is C63H36N10. The van der Waals surface area contributed by atoms with Crippen molar-refractivity contribution in [3.63, 3.8) is 0 Å². The highest BCUT2D eigenvalue weighted by atomic mass is 15.1. The smallest absolute Gasteiger partial charge is 0.166 e. The van der Waals surface area contributed by atoms with Crippen LogP contribution >= 0.6 is 0 Å². The van der Waals surface area contributed by atoms with Gasteiger partial charge in [0.05, 0.1) is 91.4 Å². The first-order valence-corrected chi connectivity index (χ1v) is 23.8. The molecule has 10 nitrogen and oxygen atoms in total. The molecule has 0 spiro atoms. The quantitative estimate of drug-likeness (QED) is 0.156. The second-order valence-electron chi connectivity index (χ2n) is 17.9. The van der Waals surface area contributed by atoms with Crippen molar-refractivity contribution in [2.24, 2.45) is 0 Å². The molecule has 0 aliphatic heterocycles. The second kappa shape index (κ2) is 16.6. The van der Waals surface area contributed by atoms with Gasteiger partial charge in [-0.25, -0.2) is 15.0 Å². The molecule has 0 aliphatic rings. The zero-order valence-electron chi connectivity index (χ0n) is 38.8. The summed E-state index contributed by atoms with van der Waals surface area (Å²) >= 11 is 0. The molecule has 0 N–H and O–H groups in total. The van der Waals surface area contributed by atoms with Crippen LogP contribution in [0, 0.1) is 22.7 Å². The average molecular weight is 933 g/mol. The van der Waals surface area contributed by atoms with E-state index in [1.807, 2.05) is 97.6 Å². The third kappa shape index (κ3) is 6.45. The largest absolute Gasteiger partial charge is 0.307 e. The molecule has 0 saturated carbocycles. The number of hydrogen-bond acceptors (Lipinski definition) is 7. The van der Waals surface area contributed by atoms with E-state index in [2.05, 4.69) is 147 Å². The molecule has 0 amide bonds. The fourth-order valence-electron chi connectivity index (χ4n) is 10.8.